The molecule has 1 fully saturated rings. The van der Waals surface area contributed by atoms with Gasteiger partial charge in [0.1, 0.15) is 11.4 Å². The largest absolute Gasteiger partial charge is 0.497 e. The highest BCUT2D eigenvalue weighted by atomic mass is 19.4. The van der Waals surface area contributed by atoms with E-state index in [-0.39, 0.29) is 5.95 Å². The Hall–Kier alpha value is -2.31. The summed E-state index contributed by atoms with van der Waals surface area (Å²) < 4.78 is 43.6. The number of hydrogen-bond acceptors (Lipinski definition) is 4. The first kappa shape index (κ1) is 16.5. The molecule has 2 aromatic rings. The number of ether oxygens (including phenoxy) is 1. The third-order valence-corrected chi connectivity index (χ3v) is 4.28. The lowest BCUT2D eigenvalue weighted by molar-refractivity contribution is -0.141. The van der Waals surface area contributed by atoms with Gasteiger partial charge in [-0.25, -0.2) is 9.97 Å². The third kappa shape index (κ3) is 3.60. The molecule has 1 aromatic carbocycles. The molecule has 0 saturated carbocycles. The van der Waals surface area contributed by atoms with Crippen molar-refractivity contribution >= 4 is 5.95 Å². The van der Waals surface area contributed by atoms with Crippen LogP contribution >= 0.6 is 0 Å². The van der Waals surface area contributed by atoms with E-state index in [2.05, 4.69) is 16.0 Å². The molecule has 0 atom stereocenters. The van der Waals surface area contributed by atoms with Gasteiger partial charge in [-0.05, 0) is 42.5 Å². The Morgan fingerprint density at radius 2 is 1.92 bits per heavy atom. The minimum absolute atomic E-state index is 0.147. The number of benzene rings is 1. The smallest absolute Gasteiger partial charge is 0.433 e. The average Bonchev–Trinajstić information content (AvgIpc) is 2.61. The van der Waals surface area contributed by atoms with Crippen LogP contribution in [0.4, 0.5) is 19.1 Å². The number of nitrogens with zero attached hydrogens (tertiary/aromatic N) is 3. The van der Waals surface area contributed by atoms with Gasteiger partial charge in [-0.2, -0.15) is 13.2 Å². The normalized spacial score (nSPS) is 16.2. The minimum Gasteiger partial charge on any atom is -0.497 e. The van der Waals surface area contributed by atoms with Gasteiger partial charge in [-0.1, -0.05) is 12.1 Å². The second kappa shape index (κ2) is 6.67. The summed E-state index contributed by atoms with van der Waals surface area (Å²) in [6.07, 6.45) is -1.60. The van der Waals surface area contributed by atoms with Crippen LogP contribution in [0.5, 0.6) is 5.75 Å². The monoisotopic (exact) mass is 337 g/mol. The maximum atomic E-state index is 12.8. The van der Waals surface area contributed by atoms with Crippen molar-refractivity contribution in [2.75, 3.05) is 25.1 Å². The van der Waals surface area contributed by atoms with E-state index >= 15 is 0 Å². The molecule has 0 unspecified atom stereocenters. The zero-order valence-electron chi connectivity index (χ0n) is 13.3. The third-order valence-electron chi connectivity index (χ3n) is 4.28. The molecule has 0 bridgehead atoms. The number of alkyl halides is 3. The summed E-state index contributed by atoms with van der Waals surface area (Å²) in [4.78, 5) is 9.47. The van der Waals surface area contributed by atoms with Crippen LogP contribution in [0.15, 0.2) is 36.5 Å². The van der Waals surface area contributed by atoms with E-state index in [1.165, 1.54) is 11.8 Å². The van der Waals surface area contributed by atoms with Gasteiger partial charge < -0.3 is 9.64 Å². The number of rotatable bonds is 3. The molecule has 1 aliphatic rings. The summed E-state index contributed by atoms with van der Waals surface area (Å²) in [6.45, 7) is 1.26. The molecular weight excluding hydrogens is 319 g/mol. The van der Waals surface area contributed by atoms with Gasteiger partial charge in [0.25, 0.3) is 0 Å². The zero-order valence-corrected chi connectivity index (χ0v) is 13.3. The SMILES string of the molecule is COc1cccc(C2CCN(c3nccc(C(F)(F)F)n3)CC2)c1. The first-order valence-corrected chi connectivity index (χ1v) is 7.76. The van der Waals surface area contributed by atoms with Crippen LogP contribution in [0, 0.1) is 0 Å². The second-order valence-electron chi connectivity index (χ2n) is 5.78. The van der Waals surface area contributed by atoms with Gasteiger partial charge in [-0.15, -0.1) is 0 Å². The first-order chi connectivity index (χ1) is 11.5. The van der Waals surface area contributed by atoms with Crippen molar-refractivity contribution in [1.29, 1.82) is 0 Å². The van der Waals surface area contributed by atoms with Crippen molar-refractivity contribution in [3.8, 4) is 5.75 Å². The number of hydrogen-bond donors (Lipinski definition) is 0. The van der Waals surface area contributed by atoms with Crippen molar-refractivity contribution in [3.05, 3.63) is 47.8 Å². The molecule has 3 rings (SSSR count). The molecule has 4 nitrogen and oxygen atoms in total. The summed E-state index contributed by atoms with van der Waals surface area (Å²) in [7, 11) is 1.63. The number of anilines is 1. The van der Waals surface area contributed by atoms with E-state index in [9.17, 15) is 13.2 Å². The molecule has 0 N–H and O–H groups in total. The minimum atomic E-state index is -4.45. The molecule has 128 valence electrons. The predicted octanol–water partition coefficient (Wildman–Crippen LogP) is 3.89. The molecule has 0 aliphatic carbocycles. The van der Waals surface area contributed by atoms with Crippen LogP contribution in [-0.2, 0) is 6.18 Å². The Morgan fingerprint density at radius 1 is 1.17 bits per heavy atom. The molecule has 2 heterocycles. The van der Waals surface area contributed by atoms with Crippen LogP contribution in [0.25, 0.3) is 0 Å². The van der Waals surface area contributed by atoms with E-state index in [1.54, 1.807) is 7.11 Å². The molecule has 7 heteroatoms. The highest BCUT2D eigenvalue weighted by Crippen LogP contribution is 2.32. The summed E-state index contributed by atoms with van der Waals surface area (Å²) in [6, 6.07) is 8.82. The van der Waals surface area contributed by atoms with E-state index in [4.69, 9.17) is 4.74 Å². The summed E-state index contributed by atoms with van der Waals surface area (Å²) >= 11 is 0. The predicted molar refractivity (Wildman–Crippen MR) is 84.2 cm³/mol. The van der Waals surface area contributed by atoms with Crippen molar-refractivity contribution < 1.29 is 17.9 Å². The van der Waals surface area contributed by atoms with Gasteiger partial charge in [0.15, 0.2) is 0 Å². The fourth-order valence-electron chi connectivity index (χ4n) is 2.97. The lowest BCUT2D eigenvalue weighted by Crippen LogP contribution is -2.34. The van der Waals surface area contributed by atoms with Crippen molar-refractivity contribution in [2.24, 2.45) is 0 Å². The highest BCUT2D eigenvalue weighted by molar-refractivity contribution is 5.35. The molecule has 0 radical (unpaired) electrons. The number of halogens is 3. The topological polar surface area (TPSA) is 38.2 Å². The second-order valence-corrected chi connectivity index (χ2v) is 5.78. The van der Waals surface area contributed by atoms with E-state index in [0.717, 1.165) is 24.7 Å². The highest BCUT2D eigenvalue weighted by Gasteiger charge is 2.33. The molecular formula is C17H18F3N3O. The van der Waals surface area contributed by atoms with Crippen molar-refractivity contribution in [1.82, 2.24) is 9.97 Å². The van der Waals surface area contributed by atoms with Crippen molar-refractivity contribution in [2.45, 2.75) is 24.9 Å². The summed E-state index contributed by atoms with van der Waals surface area (Å²) in [5.74, 6) is 1.33. The van der Waals surface area contributed by atoms with Crippen molar-refractivity contribution in [3.63, 3.8) is 0 Å². The van der Waals surface area contributed by atoms with Crippen LogP contribution in [0.3, 0.4) is 0 Å². The van der Waals surface area contributed by atoms with E-state index in [0.29, 0.717) is 19.0 Å². The van der Waals surface area contributed by atoms with Crippen LogP contribution in [0.2, 0.25) is 0 Å². The fourth-order valence-corrected chi connectivity index (χ4v) is 2.97. The van der Waals surface area contributed by atoms with Gasteiger partial charge in [0.2, 0.25) is 5.95 Å². The maximum absolute atomic E-state index is 12.8. The average molecular weight is 337 g/mol. The van der Waals surface area contributed by atoms with Crippen LogP contribution in [0.1, 0.15) is 30.0 Å². The van der Waals surface area contributed by atoms with Gasteiger partial charge in [0, 0.05) is 19.3 Å². The van der Waals surface area contributed by atoms with Gasteiger partial charge >= 0.3 is 6.18 Å². The number of piperidine rings is 1. The number of aromatic nitrogens is 2. The molecule has 1 aliphatic heterocycles. The maximum Gasteiger partial charge on any atom is 0.433 e. The molecule has 0 spiro atoms. The Kier molecular flexibility index (Phi) is 4.59. The Morgan fingerprint density at radius 3 is 2.58 bits per heavy atom. The lowest BCUT2D eigenvalue weighted by Gasteiger charge is -2.32. The Balaban J connectivity index is 1.69. The van der Waals surface area contributed by atoms with Gasteiger partial charge in [0.05, 0.1) is 7.11 Å². The Bertz CT molecular complexity index is 697. The van der Waals surface area contributed by atoms with Gasteiger partial charge in [-0.3, -0.25) is 0 Å². The Labute approximate surface area is 138 Å². The summed E-state index contributed by atoms with van der Waals surface area (Å²) in [5.41, 5.74) is 0.293. The van der Waals surface area contributed by atoms with Crippen LogP contribution in [-0.4, -0.2) is 30.2 Å². The standard InChI is InChI=1S/C17H18F3N3O/c1-24-14-4-2-3-13(11-14)12-6-9-23(10-7-12)16-21-8-5-15(22-16)17(18,19)20/h2-5,8,11-12H,6-7,9-10H2,1H3. The first-order valence-electron chi connectivity index (χ1n) is 7.76. The lowest BCUT2D eigenvalue weighted by atomic mass is 9.89. The van der Waals surface area contributed by atoms with E-state index in [1.807, 2.05) is 23.1 Å². The van der Waals surface area contributed by atoms with Crippen LogP contribution < -0.4 is 9.64 Å². The fraction of sp³-hybridized carbons (Fsp3) is 0.412. The molecule has 24 heavy (non-hydrogen) atoms. The molecule has 0 amide bonds. The number of methoxy groups -OCH3 is 1. The quantitative estimate of drug-likeness (QED) is 0.852. The summed E-state index contributed by atoms with van der Waals surface area (Å²) in [5, 5.41) is 0. The zero-order chi connectivity index (χ0) is 17.2. The molecule has 1 saturated heterocycles. The molecule has 1 aromatic heterocycles. The van der Waals surface area contributed by atoms with E-state index < -0.39 is 11.9 Å².